The Morgan fingerprint density at radius 3 is 2.77 bits per heavy atom. The third-order valence-electron chi connectivity index (χ3n) is 5.71. The molecule has 1 aliphatic rings. The summed E-state index contributed by atoms with van der Waals surface area (Å²) < 4.78 is 6.87. The molecule has 1 fully saturated rings. The average molecular weight is 400 g/mol. The zero-order chi connectivity index (χ0) is 20.7. The molecule has 4 aromatic rings. The molecule has 0 atom stereocenters. The minimum absolute atomic E-state index is 0.132. The summed E-state index contributed by atoms with van der Waals surface area (Å²) >= 11 is 0. The second kappa shape index (κ2) is 7.26. The van der Waals surface area contributed by atoms with Gasteiger partial charge in [0.15, 0.2) is 11.4 Å². The van der Waals surface area contributed by atoms with Crippen molar-refractivity contribution in [2.24, 2.45) is 5.92 Å². The Labute approximate surface area is 172 Å². The van der Waals surface area contributed by atoms with Gasteiger partial charge in [0.25, 0.3) is 0 Å². The lowest BCUT2D eigenvalue weighted by atomic mass is 9.84. The summed E-state index contributed by atoms with van der Waals surface area (Å²) in [6.45, 7) is 0. The number of ketones is 1. The summed E-state index contributed by atoms with van der Waals surface area (Å²) in [4.78, 5) is 31.4. The summed E-state index contributed by atoms with van der Waals surface area (Å²) in [5.74, 6) is 0.269. The first-order valence-corrected chi connectivity index (χ1v) is 9.92. The third kappa shape index (κ3) is 2.99. The van der Waals surface area contributed by atoms with Gasteiger partial charge in [0, 0.05) is 30.4 Å². The summed E-state index contributed by atoms with van der Waals surface area (Å²) in [7, 11) is 1.82. The number of carbonyl (C=O) groups is 2. The van der Waals surface area contributed by atoms with Crippen LogP contribution < -0.4 is 4.90 Å². The number of nitrogens with zero attached hydrogens (tertiary/aromatic N) is 4. The van der Waals surface area contributed by atoms with Crippen molar-refractivity contribution in [3.8, 4) is 11.3 Å². The molecule has 30 heavy (non-hydrogen) atoms. The zero-order valence-electron chi connectivity index (χ0n) is 16.5. The first kappa shape index (κ1) is 18.3. The summed E-state index contributed by atoms with van der Waals surface area (Å²) in [5.41, 5.74) is 3.32. The van der Waals surface area contributed by atoms with E-state index >= 15 is 0 Å². The van der Waals surface area contributed by atoms with E-state index in [-0.39, 0.29) is 23.4 Å². The maximum atomic E-state index is 12.7. The lowest BCUT2D eigenvalue weighted by molar-refractivity contribution is -0.124. The molecule has 0 radical (unpaired) electrons. The van der Waals surface area contributed by atoms with Gasteiger partial charge in [0.1, 0.15) is 0 Å². The highest BCUT2D eigenvalue weighted by atomic mass is 16.3. The van der Waals surface area contributed by atoms with Gasteiger partial charge in [0.05, 0.1) is 23.7 Å². The van der Waals surface area contributed by atoms with E-state index in [2.05, 4.69) is 10.1 Å². The molecule has 1 aliphatic carbocycles. The molecule has 0 aliphatic heterocycles. The number of hydrogen-bond donors (Lipinski definition) is 0. The van der Waals surface area contributed by atoms with Crippen molar-refractivity contribution >= 4 is 23.0 Å². The van der Waals surface area contributed by atoms with E-state index < -0.39 is 0 Å². The number of hydrogen-bond acceptors (Lipinski definition) is 5. The Morgan fingerprint density at radius 2 is 2.03 bits per heavy atom. The van der Waals surface area contributed by atoms with Crippen LogP contribution in [0.2, 0.25) is 0 Å². The summed E-state index contributed by atoms with van der Waals surface area (Å²) in [5, 5.41) is 4.40. The van der Waals surface area contributed by atoms with Crippen LogP contribution in [0.15, 0.2) is 65.5 Å². The van der Waals surface area contributed by atoms with E-state index in [0.29, 0.717) is 11.2 Å². The minimum atomic E-state index is -0.265. The van der Waals surface area contributed by atoms with Crippen molar-refractivity contribution in [3.63, 3.8) is 0 Å². The van der Waals surface area contributed by atoms with Gasteiger partial charge in [0.2, 0.25) is 11.7 Å². The largest absolute Gasteiger partial charge is 0.461 e. The second-order valence-corrected chi connectivity index (χ2v) is 7.51. The van der Waals surface area contributed by atoms with Crippen LogP contribution in [-0.4, -0.2) is 33.3 Å². The highest BCUT2D eigenvalue weighted by molar-refractivity contribution is 6.10. The van der Waals surface area contributed by atoms with Crippen molar-refractivity contribution < 1.29 is 14.0 Å². The van der Waals surface area contributed by atoms with Crippen LogP contribution in [0.25, 0.3) is 16.9 Å². The van der Waals surface area contributed by atoms with Gasteiger partial charge >= 0.3 is 0 Å². The van der Waals surface area contributed by atoms with Gasteiger partial charge in [-0.25, -0.2) is 9.50 Å². The van der Waals surface area contributed by atoms with Crippen LogP contribution in [0.3, 0.4) is 0 Å². The summed E-state index contributed by atoms with van der Waals surface area (Å²) in [6.07, 6.45) is 7.68. The number of fused-ring (bicyclic) bond motifs is 1. The number of anilines is 1. The predicted octanol–water partition coefficient (Wildman–Crippen LogP) is 3.98. The first-order valence-electron chi connectivity index (χ1n) is 9.92. The molecule has 0 bridgehead atoms. The fourth-order valence-corrected chi connectivity index (χ4v) is 3.74. The molecule has 3 aromatic heterocycles. The molecule has 0 saturated heterocycles. The molecular formula is C23H20N4O3. The number of aromatic nitrogens is 3. The Bertz CT molecular complexity index is 1240. The van der Waals surface area contributed by atoms with Crippen molar-refractivity contribution in [2.45, 2.75) is 19.3 Å². The van der Waals surface area contributed by atoms with Crippen LogP contribution >= 0.6 is 0 Å². The molecule has 3 heterocycles. The van der Waals surface area contributed by atoms with Gasteiger partial charge in [-0.05, 0) is 43.2 Å². The molecule has 5 rings (SSSR count). The highest BCUT2D eigenvalue weighted by Gasteiger charge is 2.28. The van der Waals surface area contributed by atoms with Crippen molar-refractivity contribution in [1.29, 1.82) is 0 Å². The van der Waals surface area contributed by atoms with Gasteiger partial charge in [-0.2, -0.15) is 5.10 Å². The fraction of sp³-hybridized carbons (Fsp3) is 0.217. The Balaban J connectivity index is 1.52. The van der Waals surface area contributed by atoms with Crippen molar-refractivity contribution in [3.05, 3.63) is 72.4 Å². The Morgan fingerprint density at radius 1 is 1.17 bits per heavy atom. The standard InChI is InChI=1S/C23H20N4O3/c1-26(23(29)15-5-2-6-15)17-8-3-7-16(13-17)19-10-11-24-22-18(14-25-27(19)22)21(28)20-9-4-12-30-20/h3-4,7-15H,2,5-6H2,1H3. The molecule has 0 unspecified atom stereocenters. The molecule has 1 saturated carbocycles. The smallest absolute Gasteiger partial charge is 0.233 e. The number of carbonyl (C=O) groups excluding carboxylic acids is 2. The third-order valence-corrected chi connectivity index (χ3v) is 5.71. The fourth-order valence-electron chi connectivity index (χ4n) is 3.74. The molecule has 1 aromatic carbocycles. The molecule has 0 N–H and O–H groups in total. The topological polar surface area (TPSA) is 80.7 Å². The first-order chi connectivity index (χ1) is 14.6. The Kier molecular flexibility index (Phi) is 4.43. The normalized spacial score (nSPS) is 13.9. The lowest BCUT2D eigenvalue weighted by Gasteiger charge is -2.29. The van der Waals surface area contributed by atoms with Crippen molar-refractivity contribution in [2.75, 3.05) is 11.9 Å². The Hall–Kier alpha value is -3.74. The van der Waals surface area contributed by atoms with Crippen LogP contribution in [0.4, 0.5) is 5.69 Å². The minimum Gasteiger partial charge on any atom is -0.461 e. The van der Waals surface area contributed by atoms with Gasteiger partial charge < -0.3 is 9.32 Å². The summed E-state index contributed by atoms with van der Waals surface area (Å²) in [6, 6.07) is 12.9. The number of benzene rings is 1. The molecule has 7 nitrogen and oxygen atoms in total. The van der Waals surface area contributed by atoms with Crippen LogP contribution in [0, 0.1) is 5.92 Å². The van der Waals surface area contributed by atoms with E-state index in [9.17, 15) is 9.59 Å². The van der Waals surface area contributed by atoms with Crippen LogP contribution in [0.5, 0.6) is 0 Å². The number of furan rings is 1. The number of rotatable bonds is 5. The van der Waals surface area contributed by atoms with E-state index in [1.54, 1.807) is 27.7 Å². The van der Waals surface area contributed by atoms with E-state index in [0.717, 1.165) is 36.2 Å². The van der Waals surface area contributed by atoms with E-state index in [1.807, 2.05) is 37.4 Å². The van der Waals surface area contributed by atoms with Crippen LogP contribution in [0.1, 0.15) is 35.4 Å². The highest BCUT2D eigenvalue weighted by Crippen LogP contribution is 2.31. The number of amides is 1. The SMILES string of the molecule is CN(C(=O)C1CCC1)c1cccc(-c2ccnc3c(C(=O)c4ccco4)cnn23)c1. The molecule has 0 spiro atoms. The quantitative estimate of drug-likeness (QED) is 0.473. The van der Waals surface area contributed by atoms with Crippen molar-refractivity contribution in [1.82, 2.24) is 14.6 Å². The zero-order valence-corrected chi connectivity index (χ0v) is 16.5. The van der Waals surface area contributed by atoms with Crippen LogP contribution in [-0.2, 0) is 4.79 Å². The average Bonchev–Trinajstić information content (AvgIpc) is 3.41. The van der Waals surface area contributed by atoms with Gasteiger partial charge in [-0.1, -0.05) is 18.6 Å². The maximum Gasteiger partial charge on any atom is 0.233 e. The molecule has 7 heteroatoms. The van der Waals surface area contributed by atoms with Gasteiger partial charge in [-0.3, -0.25) is 9.59 Å². The second-order valence-electron chi connectivity index (χ2n) is 7.51. The van der Waals surface area contributed by atoms with E-state index in [1.165, 1.54) is 12.5 Å². The molecule has 150 valence electrons. The van der Waals surface area contributed by atoms with Gasteiger partial charge in [-0.15, -0.1) is 0 Å². The van der Waals surface area contributed by atoms with E-state index in [4.69, 9.17) is 4.42 Å². The maximum absolute atomic E-state index is 12.7. The molecular weight excluding hydrogens is 380 g/mol. The molecule has 1 amide bonds. The predicted molar refractivity (Wildman–Crippen MR) is 111 cm³/mol. The monoisotopic (exact) mass is 400 g/mol. The lowest BCUT2D eigenvalue weighted by Crippen LogP contribution is -2.36.